The van der Waals surface area contributed by atoms with E-state index in [0.717, 1.165) is 58.3 Å². The van der Waals surface area contributed by atoms with Crippen molar-refractivity contribution in [2.75, 3.05) is 12.4 Å². The maximum atomic E-state index is 12.3. The number of nitrogens with zero attached hydrogens (tertiary/aromatic N) is 1. The van der Waals surface area contributed by atoms with Crippen molar-refractivity contribution in [3.05, 3.63) is 112 Å². The lowest BCUT2D eigenvalue weighted by Gasteiger charge is -2.21. The summed E-state index contributed by atoms with van der Waals surface area (Å²) in [6, 6.07) is 25.5. The third-order valence-corrected chi connectivity index (χ3v) is 9.54. The number of carbonyl (C=O) groups is 2. The molecule has 3 aromatic carbocycles. The molecule has 7 heteroatoms. The van der Waals surface area contributed by atoms with Crippen molar-refractivity contribution < 1.29 is 19.8 Å². The van der Waals surface area contributed by atoms with Crippen LogP contribution in [0, 0.1) is 5.41 Å². The Hall–Kier alpha value is -3.45. The number of aromatic nitrogens is 1. The van der Waals surface area contributed by atoms with Crippen molar-refractivity contribution in [3.63, 3.8) is 0 Å². The van der Waals surface area contributed by atoms with E-state index in [9.17, 15) is 19.8 Å². The van der Waals surface area contributed by atoms with Crippen LogP contribution in [0.2, 0.25) is 5.02 Å². The topological polar surface area (TPSA) is 87.5 Å². The summed E-state index contributed by atoms with van der Waals surface area (Å²) >= 11 is 7.96. The van der Waals surface area contributed by atoms with Gasteiger partial charge < -0.3 is 10.2 Å². The van der Waals surface area contributed by atoms with E-state index >= 15 is 0 Å². The number of hydrogen-bond acceptors (Lipinski definition) is 5. The van der Waals surface area contributed by atoms with E-state index in [2.05, 4.69) is 18.2 Å². The molecular formula is C34H32ClNO4S. The zero-order chi connectivity index (χ0) is 28.8. The number of Topliss-reactive ketones (excluding diaryl/α,β-unsaturated/α-hetero) is 1. The second-order valence-corrected chi connectivity index (χ2v) is 12.4. The Kier molecular flexibility index (Phi) is 9.23. The van der Waals surface area contributed by atoms with Gasteiger partial charge in [0.05, 0.1) is 17.6 Å². The molecule has 1 atom stereocenters. The number of carboxylic acid groups (broad SMARTS) is 1. The van der Waals surface area contributed by atoms with Crippen LogP contribution in [0.25, 0.3) is 23.1 Å². The number of carbonyl (C=O) groups excluding carboxylic acids is 1. The van der Waals surface area contributed by atoms with Crippen LogP contribution in [0.4, 0.5) is 0 Å². The molecule has 1 aromatic heterocycles. The number of ketones is 1. The molecule has 0 saturated heterocycles. The highest BCUT2D eigenvalue weighted by atomic mass is 35.5. The maximum Gasteiger partial charge on any atom is 0.303 e. The van der Waals surface area contributed by atoms with E-state index in [4.69, 9.17) is 16.6 Å². The van der Waals surface area contributed by atoms with Crippen LogP contribution >= 0.6 is 23.4 Å². The number of carboxylic acids is 1. The molecule has 0 aliphatic heterocycles. The van der Waals surface area contributed by atoms with Gasteiger partial charge >= 0.3 is 5.97 Å². The molecule has 0 radical (unpaired) electrons. The molecule has 4 aromatic rings. The number of fused-ring (bicyclic) bond motifs is 1. The molecule has 41 heavy (non-hydrogen) atoms. The van der Waals surface area contributed by atoms with Gasteiger partial charge in [-0.05, 0) is 72.1 Å². The number of aliphatic hydroxyl groups excluding tert-OH is 1. The summed E-state index contributed by atoms with van der Waals surface area (Å²) in [4.78, 5) is 28.5. The molecule has 1 saturated carbocycles. The zero-order valence-electron chi connectivity index (χ0n) is 22.6. The third kappa shape index (κ3) is 7.64. The average Bonchev–Trinajstić information content (AvgIpc) is 3.74. The highest BCUT2D eigenvalue weighted by Gasteiger charge is 2.44. The number of rotatable bonds is 13. The first-order valence-corrected chi connectivity index (χ1v) is 15.2. The summed E-state index contributed by atoms with van der Waals surface area (Å²) < 4.78 is 0. The number of thioether (sulfide) groups is 1. The fourth-order valence-electron chi connectivity index (χ4n) is 5.12. The summed E-state index contributed by atoms with van der Waals surface area (Å²) in [6.45, 7) is -0.514. The van der Waals surface area contributed by atoms with Crippen LogP contribution in [0.15, 0.2) is 78.9 Å². The van der Waals surface area contributed by atoms with Crippen LogP contribution in [0.1, 0.15) is 63.7 Å². The molecule has 1 fully saturated rings. The molecule has 0 bridgehead atoms. The van der Waals surface area contributed by atoms with Gasteiger partial charge in [0.2, 0.25) is 0 Å². The van der Waals surface area contributed by atoms with Crippen molar-refractivity contribution >= 4 is 58.2 Å². The van der Waals surface area contributed by atoms with Crippen molar-refractivity contribution in [1.29, 1.82) is 0 Å². The Bertz CT molecular complexity index is 1600. The second kappa shape index (κ2) is 13.0. The molecule has 5 rings (SSSR count). The summed E-state index contributed by atoms with van der Waals surface area (Å²) in [6.07, 6.45) is 7.59. The minimum absolute atomic E-state index is 0.118. The average molecular weight is 586 g/mol. The highest BCUT2D eigenvalue weighted by molar-refractivity contribution is 7.99. The minimum atomic E-state index is -0.743. The number of aliphatic hydroxyl groups is 1. The molecular weight excluding hydrogens is 554 g/mol. The van der Waals surface area contributed by atoms with Gasteiger partial charge in [-0.1, -0.05) is 78.3 Å². The molecule has 210 valence electrons. The van der Waals surface area contributed by atoms with Crippen LogP contribution in [0.3, 0.4) is 0 Å². The van der Waals surface area contributed by atoms with Gasteiger partial charge in [-0.25, -0.2) is 4.98 Å². The van der Waals surface area contributed by atoms with Gasteiger partial charge in [0.25, 0.3) is 0 Å². The van der Waals surface area contributed by atoms with Crippen molar-refractivity contribution in [3.8, 4) is 0 Å². The van der Waals surface area contributed by atoms with Gasteiger partial charge in [-0.15, -0.1) is 0 Å². The molecule has 0 unspecified atom stereocenters. The molecule has 1 heterocycles. The fraction of sp³-hybridized carbons (Fsp3) is 0.265. The molecule has 0 amide bonds. The van der Waals surface area contributed by atoms with Gasteiger partial charge in [0, 0.05) is 27.0 Å². The Morgan fingerprint density at radius 2 is 1.80 bits per heavy atom. The van der Waals surface area contributed by atoms with E-state index in [-0.39, 0.29) is 22.9 Å². The molecule has 0 spiro atoms. The Morgan fingerprint density at radius 1 is 1.00 bits per heavy atom. The predicted molar refractivity (Wildman–Crippen MR) is 167 cm³/mol. The molecule has 1 aliphatic carbocycles. The zero-order valence-corrected chi connectivity index (χ0v) is 24.2. The smallest absolute Gasteiger partial charge is 0.303 e. The van der Waals surface area contributed by atoms with Crippen LogP contribution in [0.5, 0.6) is 0 Å². The lowest BCUT2D eigenvalue weighted by molar-refractivity contribution is -0.138. The van der Waals surface area contributed by atoms with Gasteiger partial charge in [0.15, 0.2) is 5.78 Å². The lowest BCUT2D eigenvalue weighted by Crippen LogP contribution is -2.13. The summed E-state index contributed by atoms with van der Waals surface area (Å²) in [7, 11) is 0. The monoisotopic (exact) mass is 585 g/mol. The number of aryl methyl sites for hydroxylation is 1. The first kappa shape index (κ1) is 29.1. The number of benzene rings is 3. The summed E-state index contributed by atoms with van der Waals surface area (Å²) in [5, 5.41) is 20.6. The summed E-state index contributed by atoms with van der Waals surface area (Å²) in [5.41, 5.74) is 5.25. The quantitative estimate of drug-likeness (QED) is 0.155. The number of halogens is 1. The molecule has 2 N–H and O–H groups in total. The molecule has 5 nitrogen and oxygen atoms in total. The van der Waals surface area contributed by atoms with E-state index in [1.165, 1.54) is 0 Å². The van der Waals surface area contributed by atoms with Crippen molar-refractivity contribution in [1.82, 2.24) is 4.98 Å². The van der Waals surface area contributed by atoms with E-state index in [1.807, 2.05) is 66.7 Å². The van der Waals surface area contributed by atoms with Gasteiger partial charge in [0.1, 0.15) is 6.61 Å². The first-order chi connectivity index (χ1) is 19.8. The number of pyridine rings is 1. The van der Waals surface area contributed by atoms with Crippen molar-refractivity contribution in [2.45, 2.75) is 37.4 Å². The van der Waals surface area contributed by atoms with E-state index in [0.29, 0.717) is 17.0 Å². The standard InChI is InChI=1S/C34H32ClNO4S/c35-27-12-9-25-10-14-28(36-30(25)19-27)13-8-23-4-3-6-26(18-23)32(41-22-34(16-17-34)20-33(39)40)15-11-24-5-1-2-7-29(24)31(38)21-37/h1-10,12-14,18-19,32,37H,11,15-17,20-22H2,(H,39,40)/b13-8+/t32-/m0/s1. The normalized spacial score (nSPS) is 14.8. The van der Waals surface area contributed by atoms with E-state index < -0.39 is 12.6 Å². The largest absolute Gasteiger partial charge is 0.481 e. The third-order valence-electron chi connectivity index (χ3n) is 7.62. The Labute approximate surface area is 249 Å². The number of hydrogen-bond donors (Lipinski definition) is 2. The maximum absolute atomic E-state index is 12.3. The predicted octanol–water partition coefficient (Wildman–Crippen LogP) is 7.90. The van der Waals surface area contributed by atoms with Gasteiger partial charge in [-0.3, -0.25) is 9.59 Å². The lowest BCUT2D eigenvalue weighted by atomic mass is 9.97. The minimum Gasteiger partial charge on any atom is -0.481 e. The van der Waals surface area contributed by atoms with E-state index in [1.54, 1.807) is 17.8 Å². The van der Waals surface area contributed by atoms with Crippen LogP contribution < -0.4 is 0 Å². The Balaban J connectivity index is 1.37. The van der Waals surface area contributed by atoms with Crippen molar-refractivity contribution in [2.24, 2.45) is 5.41 Å². The summed E-state index contributed by atoms with van der Waals surface area (Å²) in [5.74, 6) is -0.238. The van der Waals surface area contributed by atoms with Crippen LogP contribution in [-0.2, 0) is 11.2 Å². The van der Waals surface area contributed by atoms with Crippen LogP contribution in [-0.4, -0.2) is 39.3 Å². The van der Waals surface area contributed by atoms with Gasteiger partial charge in [-0.2, -0.15) is 11.8 Å². The number of aliphatic carboxylic acids is 1. The highest BCUT2D eigenvalue weighted by Crippen LogP contribution is 2.53. The second-order valence-electron chi connectivity index (χ2n) is 10.7. The molecule has 1 aliphatic rings. The fourth-order valence-corrected chi connectivity index (χ4v) is 6.85. The first-order valence-electron chi connectivity index (χ1n) is 13.7. The SMILES string of the molecule is O=C(O)CC1(CS[C@@H](CCc2ccccc2C(=O)CO)c2cccc(/C=C/c3ccc4ccc(Cl)cc4n3)c2)CC1. The Morgan fingerprint density at radius 3 is 2.59 bits per heavy atom.